The fourth-order valence-corrected chi connectivity index (χ4v) is 4.65. The summed E-state index contributed by atoms with van der Waals surface area (Å²) < 4.78 is 1.16. The number of likely N-dealkylation sites (N-methyl/N-ethyl adjacent to an activating group) is 1. The van der Waals surface area contributed by atoms with Crippen LogP contribution in [0.4, 0.5) is 0 Å². The molecule has 10 nitrogen and oxygen atoms in total. The van der Waals surface area contributed by atoms with Crippen LogP contribution in [0.25, 0.3) is 0 Å². The molecule has 0 bridgehead atoms. The Hall–Kier alpha value is -3.45. The highest BCUT2D eigenvalue weighted by Crippen LogP contribution is 2.37. The van der Waals surface area contributed by atoms with Gasteiger partial charge in [-0.05, 0) is 49.9 Å². The average molecular weight is 624 g/mol. The number of carboxylic acids is 4. The van der Waals surface area contributed by atoms with Crippen molar-refractivity contribution >= 4 is 51.6 Å². The molecule has 0 amide bonds. The highest BCUT2D eigenvalue weighted by molar-refractivity contribution is 9.10. The van der Waals surface area contributed by atoms with E-state index in [1.54, 1.807) is 0 Å². The third-order valence-electron chi connectivity index (χ3n) is 5.22. The molecule has 4 N–H and O–H groups in total. The van der Waals surface area contributed by atoms with Gasteiger partial charge in [0, 0.05) is 70.8 Å². The predicted molar refractivity (Wildman–Crippen MR) is 151 cm³/mol. The number of benzene rings is 2. The van der Waals surface area contributed by atoms with E-state index in [2.05, 4.69) is 88.2 Å². The van der Waals surface area contributed by atoms with Crippen molar-refractivity contribution in [3.8, 4) is 0 Å². The number of aliphatic carboxylic acids is 4. The molecular weight excluding hydrogens is 592 g/mol. The van der Waals surface area contributed by atoms with Crippen molar-refractivity contribution < 1.29 is 39.6 Å². The first-order chi connectivity index (χ1) is 18.4. The lowest BCUT2D eigenvalue weighted by Crippen LogP contribution is -2.45. The van der Waals surface area contributed by atoms with Crippen molar-refractivity contribution in [3.63, 3.8) is 0 Å². The van der Waals surface area contributed by atoms with E-state index in [0.717, 1.165) is 30.7 Å². The smallest absolute Gasteiger partial charge is 0.328 e. The molecule has 210 valence electrons. The molecule has 3 rings (SSSR count). The molecule has 39 heavy (non-hydrogen) atoms. The van der Waals surface area contributed by atoms with Crippen molar-refractivity contribution in [1.82, 2.24) is 9.80 Å². The Morgan fingerprint density at radius 1 is 0.795 bits per heavy atom. The molecule has 1 heterocycles. The SMILES string of the molecule is CC(c1cc(Br)ccc1Sc1ccccc1)N1CCN(C)CC1.O=C(O)/C=C\C(=O)O.O=C(O)/C=C\C(=O)O. The monoisotopic (exact) mass is 622 g/mol. The fraction of sp³-hybridized carbons (Fsp3) is 0.259. The topological polar surface area (TPSA) is 156 Å². The number of halogens is 1. The number of rotatable bonds is 8. The molecule has 1 aliphatic rings. The summed E-state index contributed by atoms with van der Waals surface area (Å²) in [6, 6.07) is 17.7. The number of piperazine rings is 1. The Morgan fingerprint density at radius 3 is 1.69 bits per heavy atom. The summed E-state index contributed by atoms with van der Waals surface area (Å²) in [6.07, 6.45) is 2.23. The standard InChI is InChI=1S/C19H23BrN2S.2C4H4O4/c1-15(22-12-10-21(2)11-13-22)18-14-16(20)8-9-19(18)23-17-6-4-3-5-7-17;2*5-3(6)1-2-4(7)8/h3-9,14-15H,10-13H2,1-2H3;2*1-2H,(H,5,6)(H,7,8)/b;2*2-1-. The van der Waals surface area contributed by atoms with E-state index in [4.69, 9.17) is 20.4 Å². The van der Waals surface area contributed by atoms with E-state index in [9.17, 15) is 19.2 Å². The van der Waals surface area contributed by atoms with Crippen LogP contribution in [0, 0.1) is 0 Å². The second kappa shape index (κ2) is 17.9. The van der Waals surface area contributed by atoms with Crippen molar-refractivity contribution in [2.75, 3.05) is 33.2 Å². The van der Waals surface area contributed by atoms with Crippen LogP contribution in [0.1, 0.15) is 18.5 Å². The van der Waals surface area contributed by atoms with Crippen LogP contribution in [-0.4, -0.2) is 87.3 Å². The van der Waals surface area contributed by atoms with Gasteiger partial charge in [0.2, 0.25) is 0 Å². The van der Waals surface area contributed by atoms with Gasteiger partial charge in [-0.3, -0.25) is 4.90 Å². The lowest BCUT2D eigenvalue weighted by Gasteiger charge is -2.37. The molecule has 0 aliphatic carbocycles. The van der Waals surface area contributed by atoms with Gasteiger partial charge in [0.05, 0.1) is 0 Å². The zero-order chi connectivity index (χ0) is 29.4. The van der Waals surface area contributed by atoms with Crippen LogP contribution in [0.5, 0.6) is 0 Å². The van der Waals surface area contributed by atoms with Gasteiger partial charge in [-0.25, -0.2) is 19.2 Å². The molecule has 1 saturated heterocycles. The van der Waals surface area contributed by atoms with Crippen LogP contribution in [0.15, 0.2) is 87.1 Å². The lowest BCUT2D eigenvalue weighted by molar-refractivity contribution is -0.134. The van der Waals surface area contributed by atoms with Gasteiger partial charge in [-0.2, -0.15) is 0 Å². The van der Waals surface area contributed by atoms with E-state index in [0.29, 0.717) is 30.3 Å². The van der Waals surface area contributed by atoms with E-state index in [1.165, 1.54) is 15.4 Å². The molecule has 0 saturated carbocycles. The Balaban J connectivity index is 0.000000393. The third-order valence-corrected chi connectivity index (χ3v) is 6.81. The van der Waals surface area contributed by atoms with Crippen LogP contribution in [0.2, 0.25) is 0 Å². The molecular formula is C27H31BrN2O8S. The van der Waals surface area contributed by atoms with Gasteiger partial charge in [-0.1, -0.05) is 45.9 Å². The normalized spacial score (nSPS) is 14.5. The quantitative estimate of drug-likeness (QED) is 0.311. The lowest BCUT2D eigenvalue weighted by atomic mass is 10.1. The number of hydrogen-bond donors (Lipinski definition) is 4. The molecule has 1 fully saturated rings. The molecule has 1 atom stereocenters. The Bertz CT molecular complexity index is 1100. The number of carbonyl (C=O) groups is 4. The average Bonchev–Trinajstić information content (AvgIpc) is 2.89. The summed E-state index contributed by atoms with van der Waals surface area (Å²) in [5, 5.41) is 31.2. The summed E-state index contributed by atoms with van der Waals surface area (Å²) in [7, 11) is 2.21. The van der Waals surface area contributed by atoms with Gasteiger partial charge in [-0.15, -0.1) is 0 Å². The maximum absolute atomic E-state index is 9.55. The van der Waals surface area contributed by atoms with Crippen LogP contribution in [-0.2, 0) is 19.2 Å². The summed E-state index contributed by atoms with van der Waals surface area (Å²) in [4.78, 5) is 45.9. The predicted octanol–water partition coefficient (Wildman–Crippen LogP) is 4.33. The van der Waals surface area contributed by atoms with Crippen molar-refractivity contribution in [3.05, 3.63) is 82.9 Å². The first-order valence-electron chi connectivity index (χ1n) is 11.6. The second-order valence-corrected chi connectivity index (χ2v) is 10.2. The van der Waals surface area contributed by atoms with Gasteiger partial charge < -0.3 is 25.3 Å². The van der Waals surface area contributed by atoms with Gasteiger partial charge >= 0.3 is 23.9 Å². The minimum absolute atomic E-state index is 0.437. The second-order valence-electron chi connectivity index (χ2n) is 8.13. The molecule has 2 aromatic carbocycles. The zero-order valence-electron chi connectivity index (χ0n) is 21.4. The summed E-state index contributed by atoms with van der Waals surface area (Å²) in [5.74, 6) is -5.03. The zero-order valence-corrected chi connectivity index (χ0v) is 23.8. The fourth-order valence-electron chi connectivity index (χ4n) is 3.25. The number of carboxylic acid groups (broad SMARTS) is 4. The number of hydrogen-bond acceptors (Lipinski definition) is 7. The Labute approximate surface area is 239 Å². The van der Waals surface area contributed by atoms with Gasteiger partial charge in [0.25, 0.3) is 0 Å². The Kier molecular flexibility index (Phi) is 15.5. The molecule has 1 unspecified atom stereocenters. The van der Waals surface area contributed by atoms with Gasteiger partial charge in [0.1, 0.15) is 0 Å². The maximum atomic E-state index is 9.55. The van der Waals surface area contributed by atoms with Crippen molar-refractivity contribution in [2.45, 2.75) is 22.8 Å². The highest BCUT2D eigenvalue weighted by Gasteiger charge is 2.22. The Morgan fingerprint density at radius 2 is 1.26 bits per heavy atom. The molecule has 1 aliphatic heterocycles. The van der Waals surface area contributed by atoms with Crippen molar-refractivity contribution in [2.24, 2.45) is 0 Å². The molecule has 12 heteroatoms. The van der Waals surface area contributed by atoms with Crippen molar-refractivity contribution in [1.29, 1.82) is 0 Å². The van der Waals surface area contributed by atoms with E-state index in [-0.39, 0.29) is 0 Å². The first-order valence-corrected chi connectivity index (χ1v) is 13.2. The number of nitrogens with zero attached hydrogens (tertiary/aromatic N) is 2. The summed E-state index contributed by atoms with van der Waals surface area (Å²) in [6.45, 7) is 6.92. The van der Waals surface area contributed by atoms with E-state index < -0.39 is 23.9 Å². The highest BCUT2D eigenvalue weighted by atomic mass is 79.9. The van der Waals surface area contributed by atoms with Crippen LogP contribution in [0.3, 0.4) is 0 Å². The summed E-state index contributed by atoms with van der Waals surface area (Å²) in [5.41, 5.74) is 1.41. The summed E-state index contributed by atoms with van der Waals surface area (Å²) >= 11 is 5.51. The van der Waals surface area contributed by atoms with Crippen LogP contribution >= 0.6 is 27.7 Å². The minimum atomic E-state index is -1.26. The molecule has 0 aromatic heterocycles. The molecule has 0 spiro atoms. The molecule has 0 radical (unpaired) electrons. The van der Waals surface area contributed by atoms with E-state index >= 15 is 0 Å². The maximum Gasteiger partial charge on any atom is 0.328 e. The molecule has 2 aromatic rings. The third kappa shape index (κ3) is 14.9. The van der Waals surface area contributed by atoms with E-state index in [1.807, 2.05) is 11.8 Å². The van der Waals surface area contributed by atoms with Crippen LogP contribution < -0.4 is 0 Å². The van der Waals surface area contributed by atoms with Gasteiger partial charge in [0.15, 0.2) is 0 Å². The minimum Gasteiger partial charge on any atom is -0.478 e. The largest absolute Gasteiger partial charge is 0.478 e. The first kappa shape index (κ1) is 33.6.